The third-order valence-corrected chi connectivity index (χ3v) is 5.38. The molecule has 0 saturated carbocycles. The lowest BCUT2D eigenvalue weighted by Crippen LogP contribution is -2.50. The molecule has 6 heteroatoms. The summed E-state index contributed by atoms with van der Waals surface area (Å²) in [5, 5.41) is 6.50. The Morgan fingerprint density at radius 1 is 1.32 bits per heavy atom. The molecule has 3 heterocycles. The van der Waals surface area contributed by atoms with Gasteiger partial charge < -0.3 is 19.8 Å². The zero-order valence-corrected chi connectivity index (χ0v) is 16.3. The van der Waals surface area contributed by atoms with Crippen molar-refractivity contribution in [3.05, 3.63) is 65.6 Å². The first-order valence-corrected chi connectivity index (χ1v) is 9.78. The summed E-state index contributed by atoms with van der Waals surface area (Å²) in [5.41, 5.74) is 3.42. The number of amides is 1. The molecule has 0 spiro atoms. The standard InChI is InChI=1S/C22H26N4O2/c1-15-9-10-23-12-19(15)25-22(27)18-7-3-4-8-20(18)28-14-17-13-26-11-5-6-16(2)21(26)24-17/h3-8,11,13,15,19,23H,9-10,12,14H2,1-2H3,(H,25,27). The largest absolute Gasteiger partial charge is 0.486 e. The minimum absolute atomic E-state index is 0.0954. The number of piperidine rings is 1. The van der Waals surface area contributed by atoms with Gasteiger partial charge in [0.2, 0.25) is 0 Å². The molecular formula is C22H26N4O2. The van der Waals surface area contributed by atoms with Gasteiger partial charge >= 0.3 is 0 Å². The summed E-state index contributed by atoms with van der Waals surface area (Å²) in [5.74, 6) is 0.937. The van der Waals surface area contributed by atoms with Crippen LogP contribution < -0.4 is 15.4 Å². The number of rotatable bonds is 5. The lowest BCUT2D eigenvalue weighted by atomic mass is 9.94. The fourth-order valence-electron chi connectivity index (χ4n) is 3.63. The number of benzene rings is 1. The molecule has 1 saturated heterocycles. The van der Waals surface area contributed by atoms with Crippen LogP contribution in [0.4, 0.5) is 0 Å². The van der Waals surface area contributed by atoms with E-state index in [4.69, 9.17) is 4.74 Å². The Bertz CT molecular complexity index is 982. The molecule has 0 radical (unpaired) electrons. The number of carbonyl (C=O) groups is 1. The van der Waals surface area contributed by atoms with Crippen LogP contribution in [0.1, 0.15) is 35.0 Å². The minimum Gasteiger partial charge on any atom is -0.486 e. The number of pyridine rings is 1. The number of ether oxygens (including phenoxy) is 1. The molecule has 4 rings (SSSR count). The number of hydrogen-bond donors (Lipinski definition) is 2. The van der Waals surface area contributed by atoms with Gasteiger partial charge in [0.15, 0.2) is 0 Å². The maximum absolute atomic E-state index is 12.8. The summed E-state index contributed by atoms with van der Waals surface area (Å²) in [6.07, 6.45) is 5.00. The highest BCUT2D eigenvalue weighted by atomic mass is 16.5. The lowest BCUT2D eigenvalue weighted by molar-refractivity contribution is 0.0910. The molecule has 2 aromatic heterocycles. The number of fused-ring (bicyclic) bond motifs is 1. The number of aryl methyl sites for hydroxylation is 1. The van der Waals surface area contributed by atoms with Crippen molar-refractivity contribution in [3.63, 3.8) is 0 Å². The minimum atomic E-state index is -0.0954. The van der Waals surface area contributed by atoms with Gasteiger partial charge in [0, 0.05) is 25.0 Å². The van der Waals surface area contributed by atoms with E-state index >= 15 is 0 Å². The summed E-state index contributed by atoms with van der Waals surface area (Å²) in [4.78, 5) is 17.5. The molecular weight excluding hydrogens is 352 g/mol. The Morgan fingerprint density at radius 2 is 2.18 bits per heavy atom. The van der Waals surface area contributed by atoms with E-state index in [1.54, 1.807) is 6.07 Å². The molecule has 2 N–H and O–H groups in total. The van der Waals surface area contributed by atoms with Crippen LogP contribution in [-0.4, -0.2) is 34.4 Å². The Hall–Kier alpha value is -2.86. The average Bonchev–Trinajstić information content (AvgIpc) is 3.13. The van der Waals surface area contributed by atoms with E-state index in [1.165, 1.54) is 0 Å². The molecule has 6 nitrogen and oxygen atoms in total. The molecule has 3 aromatic rings. The van der Waals surface area contributed by atoms with Gasteiger partial charge in [-0.3, -0.25) is 4.79 Å². The molecule has 1 fully saturated rings. The summed E-state index contributed by atoms with van der Waals surface area (Å²) in [6, 6.07) is 11.5. The third-order valence-electron chi connectivity index (χ3n) is 5.38. The quantitative estimate of drug-likeness (QED) is 0.716. The highest BCUT2D eigenvalue weighted by Gasteiger charge is 2.24. The summed E-state index contributed by atoms with van der Waals surface area (Å²) < 4.78 is 7.97. The van der Waals surface area contributed by atoms with Crippen LogP contribution in [0.5, 0.6) is 5.75 Å². The third kappa shape index (κ3) is 3.87. The first-order chi connectivity index (χ1) is 13.6. The van der Waals surface area contributed by atoms with Gasteiger partial charge in [-0.05, 0) is 49.6 Å². The zero-order valence-electron chi connectivity index (χ0n) is 16.3. The predicted molar refractivity (Wildman–Crippen MR) is 109 cm³/mol. The molecule has 1 aliphatic rings. The number of para-hydroxylation sites is 1. The van der Waals surface area contributed by atoms with Gasteiger partial charge in [0.1, 0.15) is 18.0 Å². The number of hydrogen-bond acceptors (Lipinski definition) is 4. The Morgan fingerprint density at radius 3 is 3.00 bits per heavy atom. The first kappa shape index (κ1) is 18.5. The summed E-state index contributed by atoms with van der Waals surface area (Å²) in [7, 11) is 0. The molecule has 146 valence electrons. The number of carbonyl (C=O) groups excluding carboxylic acids is 1. The van der Waals surface area contributed by atoms with E-state index in [0.29, 0.717) is 23.8 Å². The number of nitrogens with one attached hydrogen (secondary N) is 2. The van der Waals surface area contributed by atoms with Crippen molar-refractivity contribution in [1.82, 2.24) is 20.0 Å². The van der Waals surface area contributed by atoms with Crippen LogP contribution in [0, 0.1) is 12.8 Å². The lowest BCUT2D eigenvalue weighted by Gasteiger charge is -2.30. The van der Waals surface area contributed by atoms with Crippen LogP contribution in [0.15, 0.2) is 48.8 Å². The van der Waals surface area contributed by atoms with E-state index in [-0.39, 0.29) is 11.9 Å². The SMILES string of the molecule is Cc1cccn2cc(COc3ccccc3C(=O)NC3CNCCC3C)nc12. The van der Waals surface area contributed by atoms with Crippen LogP contribution in [0.25, 0.3) is 5.65 Å². The van der Waals surface area contributed by atoms with Crippen molar-refractivity contribution >= 4 is 11.6 Å². The van der Waals surface area contributed by atoms with E-state index in [0.717, 1.165) is 36.4 Å². The highest BCUT2D eigenvalue weighted by Crippen LogP contribution is 2.21. The molecule has 28 heavy (non-hydrogen) atoms. The molecule has 0 bridgehead atoms. The monoisotopic (exact) mass is 378 g/mol. The van der Waals surface area contributed by atoms with Crippen LogP contribution in [0.2, 0.25) is 0 Å². The smallest absolute Gasteiger partial charge is 0.255 e. The molecule has 0 aliphatic carbocycles. The second kappa shape index (κ2) is 8.02. The maximum atomic E-state index is 12.8. The van der Waals surface area contributed by atoms with Crippen molar-refractivity contribution in [2.45, 2.75) is 32.9 Å². The normalized spacial score (nSPS) is 19.5. The van der Waals surface area contributed by atoms with Gasteiger partial charge in [-0.15, -0.1) is 0 Å². The summed E-state index contributed by atoms with van der Waals surface area (Å²) >= 11 is 0. The van der Waals surface area contributed by atoms with Crippen molar-refractivity contribution < 1.29 is 9.53 Å². The Labute approximate surface area is 164 Å². The van der Waals surface area contributed by atoms with Gasteiger partial charge in [-0.25, -0.2) is 4.98 Å². The fourth-order valence-corrected chi connectivity index (χ4v) is 3.63. The van der Waals surface area contributed by atoms with Crippen molar-refractivity contribution in [2.24, 2.45) is 5.92 Å². The van der Waals surface area contributed by atoms with Crippen molar-refractivity contribution in [2.75, 3.05) is 13.1 Å². The van der Waals surface area contributed by atoms with Crippen LogP contribution in [-0.2, 0) is 6.61 Å². The van der Waals surface area contributed by atoms with E-state index < -0.39 is 0 Å². The van der Waals surface area contributed by atoms with E-state index in [1.807, 2.05) is 54.0 Å². The van der Waals surface area contributed by atoms with Gasteiger partial charge in [0.05, 0.1) is 11.3 Å². The molecule has 2 atom stereocenters. The topological polar surface area (TPSA) is 67.7 Å². The van der Waals surface area contributed by atoms with Gasteiger partial charge in [-0.1, -0.05) is 25.1 Å². The Kier molecular flexibility index (Phi) is 5.30. The van der Waals surface area contributed by atoms with Crippen LogP contribution >= 0.6 is 0 Å². The fraction of sp³-hybridized carbons (Fsp3) is 0.364. The second-order valence-corrected chi connectivity index (χ2v) is 7.49. The molecule has 2 unspecified atom stereocenters. The van der Waals surface area contributed by atoms with Gasteiger partial charge in [-0.2, -0.15) is 0 Å². The number of nitrogens with zero attached hydrogens (tertiary/aromatic N) is 2. The number of imidazole rings is 1. The number of aromatic nitrogens is 2. The first-order valence-electron chi connectivity index (χ1n) is 9.78. The molecule has 1 aliphatic heterocycles. The van der Waals surface area contributed by atoms with Crippen molar-refractivity contribution in [1.29, 1.82) is 0 Å². The predicted octanol–water partition coefficient (Wildman–Crippen LogP) is 2.95. The van der Waals surface area contributed by atoms with E-state index in [2.05, 4.69) is 22.5 Å². The van der Waals surface area contributed by atoms with Crippen molar-refractivity contribution in [3.8, 4) is 5.75 Å². The highest BCUT2D eigenvalue weighted by molar-refractivity contribution is 5.97. The maximum Gasteiger partial charge on any atom is 0.255 e. The molecule has 1 aromatic carbocycles. The van der Waals surface area contributed by atoms with E-state index in [9.17, 15) is 4.79 Å². The Balaban J connectivity index is 1.47. The summed E-state index contributed by atoms with van der Waals surface area (Å²) in [6.45, 7) is 6.34. The average molecular weight is 378 g/mol. The zero-order chi connectivity index (χ0) is 19.5. The second-order valence-electron chi connectivity index (χ2n) is 7.49. The van der Waals surface area contributed by atoms with Crippen LogP contribution in [0.3, 0.4) is 0 Å². The van der Waals surface area contributed by atoms with Gasteiger partial charge in [0.25, 0.3) is 5.91 Å². The molecule has 1 amide bonds.